The highest BCUT2D eigenvalue weighted by atomic mass is 127. The Hall–Kier alpha value is 0. The van der Waals surface area contributed by atoms with Crippen LogP contribution in [0.5, 0.6) is 0 Å². The van der Waals surface area contributed by atoms with Crippen molar-refractivity contribution in [1.82, 2.24) is 10.6 Å². The number of hydrogen-bond acceptors (Lipinski definition) is 1. The van der Waals surface area contributed by atoms with Crippen LogP contribution < -0.4 is 10.6 Å². The van der Waals surface area contributed by atoms with Gasteiger partial charge >= 0.3 is 0 Å². The molecule has 3 nitrogen and oxygen atoms in total. The van der Waals surface area contributed by atoms with E-state index in [2.05, 4.69) is 29.5 Å². The molecule has 0 aromatic rings. The molecule has 2 N–H and O–H groups in total. The molecule has 18 heavy (non-hydrogen) atoms. The van der Waals surface area contributed by atoms with E-state index in [9.17, 15) is 0 Å². The van der Waals surface area contributed by atoms with Crippen LogP contribution in [0.2, 0.25) is 0 Å². The van der Waals surface area contributed by atoms with Crippen LogP contribution in [-0.2, 0) is 0 Å². The summed E-state index contributed by atoms with van der Waals surface area (Å²) < 4.78 is 0. The molecule has 0 aromatic heterocycles. The highest BCUT2D eigenvalue weighted by Gasteiger charge is 2.48. The van der Waals surface area contributed by atoms with Gasteiger partial charge in [0.1, 0.15) is 0 Å². The van der Waals surface area contributed by atoms with Gasteiger partial charge < -0.3 is 10.6 Å². The minimum Gasteiger partial charge on any atom is -0.356 e. The maximum atomic E-state index is 4.30. The van der Waals surface area contributed by atoms with Crippen LogP contribution in [0.15, 0.2) is 4.99 Å². The first-order chi connectivity index (χ1) is 8.16. The fourth-order valence-electron chi connectivity index (χ4n) is 2.84. The van der Waals surface area contributed by atoms with Crippen LogP contribution in [-0.4, -0.2) is 26.1 Å². The quantitative estimate of drug-likeness (QED) is 0.447. The third-order valence-corrected chi connectivity index (χ3v) is 4.30. The summed E-state index contributed by atoms with van der Waals surface area (Å²) in [7, 11) is 1.86. The molecule has 0 bridgehead atoms. The van der Waals surface area contributed by atoms with E-state index in [-0.39, 0.29) is 24.0 Å². The largest absolute Gasteiger partial charge is 0.356 e. The molecule has 2 fully saturated rings. The smallest absolute Gasteiger partial charge is 0.191 e. The van der Waals surface area contributed by atoms with E-state index >= 15 is 0 Å². The standard InChI is InChI=1S/C14H27N3.HI/c1-11(2)9-16-13(15-3)17-10-14(7-4-8-14)12-5-6-12;/h11-12H,4-10H2,1-3H3,(H2,15,16,17);1H. The van der Waals surface area contributed by atoms with Crippen molar-refractivity contribution >= 4 is 29.9 Å². The molecule has 106 valence electrons. The van der Waals surface area contributed by atoms with Crippen LogP contribution in [0, 0.1) is 17.3 Å². The Balaban J connectivity index is 0.00000162. The molecule has 0 aliphatic heterocycles. The summed E-state index contributed by atoms with van der Waals surface area (Å²) in [4.78, 5) is 4.30. The Morgan fingerprint density at radius 1 is 1.28 bits per heavy atom. The summed E-state index contributed by atoms with van der Waals surface area (Å²) in [5, 5.41) is 6.92. The molecule has 0 spiro atoms. The Labute approximate surface area is 129 Å². The van der Waals surface area contributed by atoms with Crippen molar-refractivity contribution in [3.8, 4) is 0 Å². The number of hydrogen-bond donors (Lipinski definition) is 2. The normalized spacial score (nSPS) is 22.1. The summed E-state index contributed by atoms with van der Waals surface area (Å²) in [6, 6.07) is 0. The first kappa shape index (κ1) is 16.1. The number of nitrogens with one attached hydrogen (secondary N) is 2. The Morgan fingerprint density at radius 2 is 1.94 bits per heavy atom. The fourth-order valence-corrected chi connectivity index (χ4v) is 2.84. The lowest BCUT2D eigenvalue weighted by Crippen LogP contribution is -2.48. The summed E-state index contributed by atoms with van der Waals surface area (Å²) in [6.07, 6.45) is 7.19. The molecular formula is C14H28IN3. The molecule has 0 radical (unpaired) electrons. The second kappa shape index (κ2) is 6.96. The van der Waals surface area contributed by atoms with E-state index in [1.54, 1.807) is 0 Å². The minimum absolute atomic E-state index is 0. The van der Waals surface area contributed by atoms with Crippen LogP contribution in [0.25, 0.3) is 0 Å². The van der Waals surface area contributed by atoms with Gasteiger partial charge in [-0.05, 0) is 42.9 Å². The van der Waals surface area contributed by atoms with E-state index in [1.165, 1.54) is 32.1 Å². The maximum absolute atomic E-state index is 4.30. The van der Waals surface area contributed by atoms with Crippen LogP contribution >= 0.6 is 24.0 Å². The summed E-state index contributed by atoms with van der Waals surface area (Å²) in [5.74, 6) is 2.65. The average Bonchev–Trinajstić information content (AvgIpc) is 3.04. The Kier molecular flexibility index (Phi) is 6.21. The SMILES string of the molecule is CN=C(NCC(C)C)NCC1(C2CC2)CCC1.I. The lowest BCUT2D eigenvalue weighted by molar-refractivity contribution is 0.106. The Morgan fingerprint density at radius 3 is 2.33 bits per heavy atom. The number of halogens is 1. The number of rotatable bonds is 5. The number of guanidine groups is 1. The van der Waals surface area contributed by atoms with Crippen LogP contribution in [0.3, 0.4) is 0 Å². The van der Waals surface area contributed by atoms with Crippen molar-refractivity contribution in [1.29, 1.82) is 0 Å². The summed E-state index contributed by atoms with van der Waals surface area (Å²) >= 11 is 0. The molecule has 0 saturated heterocycles. The van der Waals surface area contributed by atoms with Gasteiger partial charge in [0.25, 0.3) is 0 Å². The molecule has 0 unspecified atom stereocenters. The second-order valence-corrected chi connectivity index (χ2v) is 6.19. The molecule has 0 aromatic carbocycles. The zero-order valence-corrected chi connectivity index (χ0v) is 14.3. The van der Waals surface area contributed by atoms with Gasteiger partial charge in [0.15, 0.2) is 5.96 Å². The van der Waals surface area contributed by atoms with Gasteiger partial charge in [0.05, 0.1) is 0 Å². The van der Waals surface area contributed by atoms with Crippen LogP contribution in [0.4, 0.5) is 0 Å². The van der Waals surface area contributed by atoms with Crippen molar-refractivity contribution in [2.45, 2.75) is 46.0 Å². The summed E-state index contributed by atoms with van der Waals surface area (Å²) in [5.41, 5.74) is 0.620. The van der Waals surface area contributed by atoms with Crippen molar-refractivity contribution in [2.24, 2.45) is 22.2 Å². The van der Waals surface area contributed by atoms with Crippen LogP contribution in [0.1, 0.15) is 46.0 Å². The molecule has 0 amide bonds. The van der Waals surface area contributed by atoms with E-state index in [1.807, 2.05) is 7.05 Å². The average molecular weight is 365 g/mol. The van der Waals surface area contributed by atoms with E-state index < -0.39 is 0 Å². The first-order valence-electron chi connectivity index (χ1n) is 7.11. The van der Waals surface area contributed by atoms with Crippen molar-refractivity contribution in [3.63, 3.8) is 0 Å². The van der Waals surface area contributed by atoms with E-state index in [4.69, 9.17) is 0 Å². The monoisotopic (exact) mass is 365 g/mol. The van der Waals surface area contributed by atoms with E-state index in [0.717, 1.165) is 25.0 Å². The molecule has 4 heteroatoms. The lowest BCUT2D eigenvalue weighted by atomic mass is 9.65. The zero-order valence-electron chi connectivity index (χ0n) is 12.0. The number of aliphatic imine (C=N–C) groups is 1. The molecule has 2 aliphatic rings. The van der Waals surface area contributed by atoms with Crippen molar-refractivity contribution in [2.75, 3.05) is 20.1 Å². The predicted octanol–water partition coefficient (Wildman–Crippen LogP) is 3.01. The van der Waals surface area contributed by atoms with Gasteiger partial charge in [-0.3, -0.25) is 4.99 Å². The fraction of sp³-hybridized carbons (Fsp3) is 0.929. The summed E-state index contributed by atoms with van der Waals surface area (Å²) in [6.45, 7) is 6.56. The topological polar surface area (TPSA) is 36.4 Å². The molecule has 0 heterocycles. The first-order valence-corrected chi connectivity index (χ1v) is 7.11. The van der Waals surface area contributed by atoms with Gasteiger partial charge in [-0.2, -0.15) is 0 Å². The van der Waals surface area contributed by atoms with Crippen molar-refractivity contribution in [3.05, 3.63) is 0 Å². The van der Waals surface area contributed by atoms with Gasteiger partial charge in [-0.25, -0.2) is 0 Å². The maximum Gasteiger partial charge on any atom is 0.191 e. The minimum atomic E-state index is 0. The van der Waals surface area contributed by atoms with Gasteiger partial charge in [0, 0.05) is 20.1 Å². The van der Waals surface area contributed by atoms with Gasteiger partial charge in [-0.15, -0.1) is 24.0 Å². The third kappa shape index (κ3) is 4.00. The van der Waals surface area contributed by atoms with Crippen molar-refractivity contribution < 1.29 is 0 Å². The number of nitrogens with zero attached hydrogens (tertiary/aromatic N) is 1. The molecule has 0 atom stereocenters. The molecular weight excluding hydrogens is 337 g/mol. The second-order valence-electron chi connectivity index (χ2n) is 6.19. The third-order valence-electron chi connectivity index (χ3n) is 4.30. The highest BCUT2D eigenvalue weighted by molar-refractivity contribution is 14.0. The molecule has 2 saturated carbocycles. The molecule has 2 aliphatic carbocycles. The van der Waals surface area contributed by atoms with Gasteiger partial charge in [-0.1, -0.05) is 20.3 Å². The van der Waals surface area contributed by atoms with Gasteiger partial charge in [0.2, 0.25) is 0 Å². The highest BCUT2D eigenvalue weighted by Crippen LogP contribution is 2.56. The van der Waals surface area contributed by atoms with E-state index in [0.29, 0.717) is 11.3 Å². The zero-order chi connectivity index (χ0) is 12.3. The Bertz CT molecular complexity index is 281. The lowest BCUT2D eigenvalue weighted by Gasteiger charge is -2.43. The predicted molar refractivity (Wildman–Crippen MR) is 88.6 cm³/mol. The molecule has 2 rings (SSSR count).